The lowest BCUT2D eigenvalue weighted by Crippen LogP contribution is -2.41. The van der Waals surface area contributed by atoms with Crippen LogP contribution in [0.25, 0.3) is 0 Å². The predicted molar refractivity (Wildman–Crippen MR) is 65.5 cm³/mol. The molecule has 0 bridgehead atoms. The van der Waals surface area contributed by atoms with Crippen molar-refractivity contribution >= 4 is 29.2 Å². The highest BCUT2D eigenvalue weighted by molar-refractivity contribution is 6.31. The normalized spacial score (nSPS) is 11.1. The Morgan fingerprint density at radius 3 is 2.16 bits per heavy atom. The second-order valence-corrected chi connectivity index (χ2v) is 4.47. The van der Waals surface area contributed by atoms with E-state index in [1.54, 1.807) is 0 Å². The van der Waals surface area contributed by atoms with Crippen LogP contribution in [0.1, 0.15) is 18.1 Å². The van der Waals surface area contributed by atoms with Gasteiger partial charge in [0.2, 0.25) is 0 Å². The number of halogens is 1. The minimum absolute atomic E-state index is 0.0258. The summed E-state index contributed by atoms with van der Waals surface area (Å²) in [6.07, 6.45) is 0. The molecule has 1 rings (SSSR count). The zero-order valence-corrected chi connectivity index (χ0v) is 10.8. The third-order valence-corrected chi connectivity index (χ3v) is 3.35. The molecule has 0 fully saturated rings. The van der Waals surface area contributed by atoms with E-state index in [0.29, 0.717) is 0 Å². The molecule has 0 radical (unpaired) electrons. The molecule has 0 aliphatic rings. The average molecular weight is 288 g/mol. The molecular weight excluding hydrogens is 278 g/mol. The summed E-state index contributed by atoms with van der Waals surface area (Å²) >= 11 is 5.74. The van der Waals surface area contributed by atoms with Gasteiger partial charge in [0, 0.05) is 5.56 Å². The summed E-state index contributed by atoms with van der Waals surface area (Å²) in [6, 6.07) is 2.29. The van der Waals surface area contributed by atoms with Gasteiger partial charge in [-0.2, -0.15) is 0 Å². The van der Waals surface area contributed by atoms with Gasteiger partial charge in [-0.3, -0.25) is 19.7 Å². The lowest BCUT2D eigenvalue weighted by molar-refractivity contribution is -0.386. The molecule has 0 saturated heterocycles. The molecule has 0 atom stereocenters. The topological polar surface area (TPSA) is 118 Å². The Morgan fingerprint density at radius 1 is 1.32 bits per heavy atom. The number of rotatable bonds is 4. The fraction of sp³-hybridized carbons (Fsp3) is 0.273. The van der Waals surface area contributed by atoms with Gasteiger partial charge in [0.25, 0.3) is 5.69 Å². The maximum atomic E-state index is 11.2. The molecule has 0 amide bonds. The van der Waals surface area contributed by atoms with Crippen molar-refractivity contribution in [2.45, 2.75) is 19.3 Å². The fourth-order valence-electron chi connectivity index (χ4n) is 1.64. The Bertz CT molecular complexity index is 569. The van der Waals surface area contributed by atoms with Gasteiger partial charge in [-0.15, -0.1) is 0 Å². The van der Waals surface area contributed by atoms with Crippen molar-refractivity contribution in [2.75, 3.05) is 0 Å². The largest absolute Gasteiger partial charge is 0.480 e. The Morgan fingerprint density at radius 2 is 1.79 bits per heavy atom. The molecular formula is C11H10ClNO6. The second-order valence-electron chi connectivity index (χ2n) is 4.06. The van der Waals surface area contributed by atoms with Crippen molar-refractivity contribution in [1.82, 2.24) is 0 Å². The van der Waals surface area contributed by atoms with Gasteiger partial charge in [0.05, 0.1) is 15.5 Å². The molecule has 2 N–H and O–H groups in total. The summed E-state index contributed by atoms with van der Waals surface area (Å²) in [5.74, 6) is -3.38. The first-order chi connectivity index (χ1) is 8.63. The third-order valence-electron chi connectivity index (χ3n) is 2.94. The fourth-order valence-corrected chi connectivity index (χ4v) is 1.79. The first-order valence-corrected chi connectivity index (χ1v) is 5.42. The Kier molecular flexibility index (Phi) is 3.80. The number of nitrogens with zero attached hydrogens (tertiary/aromatic N) is 1. The van der Waals surface area contributed by atoms with Crippen LogP contribution in [0.15, 0.2) is 12.1 Å². The zero-order chi connectivity index (χ0) is 15.0. The van der Waals surface area contributed by atoms with Crippen LogP contribution in [-0.4, -0.2) is 27.1 Å². The van der Waals surface area contributed by atoms with E-state index in [9.17, 15) is 19.7 Å². The molecule has 0 aromatic heterocycles. The number of carboxylic acid groups (broad SMARTS) is 2. The Hall–Kier alpha value is -2.15. The van der Waals surface area contributed by atoms with Crippen LogP contribution >= 0.6 is 11.6 Å². The molecule has 7 nitrogen and oxygen atoms in total. The average Bonchev–Trinajstić information content (AvgIpc) is 2.30. The summed E-state index contributed by atoms with van der Waals surface area (Å²) in [4.78, 5) is 32.6. The van der Waals surface area contributed by atoms with E-state index in [4.69, 9.17) is 21.8 Å². The summed E-state index contributed by atoms with van der Waals surface area (Å²) < 4.78 is 0. The molecule has 0 heterocycles. The highest BCUT2D eigenvalue weighted by Gasteiger charge is 2.48. The van der Waals surface area contributed by atoms with Crippen LogP contribution in [0, 0.1) is 17.0 Å². The van der Waals surface area contributed by atoms with Gasteiger partial charge in [-0.05, 0) is 26.0 Å². The van der Waals surface area contributed by atoms with E-state index in [2.05, 4.69) is 0 Å². The highest BCUT2D eigenvalue weighted by Crippen LogP contribution is 2.37. The number of nitro benzene ring substituents is 1. The van der Waals surface area contributed by atoms with E-state index in [1.807, 2.05) is 0 Å². The minimum Gasteiger partial charge on any atom is -0.480 e. The van der Waals surface area contributed by atoms with Crippen molar-refractivity contribution in [3.63, 3.8) is 0 Å². The predicted octanol–water partition coefficient (Wildman–Crippen LogP) is 1.98. The smallest absolute Gasteiger partial charge is 0.325 e. The van der Waals surface area contributed by atoms with E-state index in [1.165, 1.54) is 13.0 Å². The lowest BCUT2D eigenvalue weighted by atomic mass is 9.80. The van der Waals surface area contributed by atoms with E-state index < -0.39 is 33.5 Å². The number of aliphatic carboxylic acids is 2. The highest BCUT2D eigenvalue weighted by atomic mass is 35.5. The van der Waals surface area contributed by atoms with Crippen LogP contribution in [0.2, 0.25) is 5.02 Å². The van der Waals surface area contributed by atoms with Crippen LogP contribution in [0.4, 0.5) is 5.69 Å². The van der Waals surface area contributed by atoms with Crippen LogP contribution in [0.3, 0.4) is 0 Å². The Balaban J connectivity index is 3.77. The Labute approximate surface area is 112 Å². The molecule has 0 unspecified atom stereocenters. The van der Waals surface area contributed by atoms with Gasteiger partial charge < -0.3 is 10.2 Å². The molecule has 0 aliphatic carbocycles. The maximum absolute atomic E-state index is 11.2. The van der Waals surface area contributed by atoms with Crippen molar-refractivity contribution in [3.05, 3.63) is 38.4 Å². The van der Waals surface area contributed by atoms with Crippen LogP contribution < -0.4 is 0 Å². The zero-order valence-electron chi connectivity index (χ0n) is 10.0. The third kappa shape index (κ3) is 2.24. The molecule has 19 heavy (non-hydrogen) atoms. The minimum atomic E-state index is -2.42. The van der Waals surface area contributed by atoms with Gasteiger partial charge in [-0.1, -0.05) is 11.6 Å². The van der Waals surface area contributed by atoms with Gasteiger partial charge in [0.1, 0.15) is 0 Å². The van der Waals surface area contributed by atoms with Crippen molar-refractivity contribution < 1.29 is 24.7 Å². The standard InChI is InChI=1S/C11H10ClNO6/c1-5-7(12)4-3-6(8(5)13(18)19)11(2,9(14)15)10(16)17/h3-4H,1-2H3,(H,14,15)(H,16,17). The summed E-state index contributed by atoms with van der Waals surface area (Å²) in [6.45, 7) is 2.22. The van der Waals surface area contributed by atoms with Crippen molar-refractivity contribution in [3.8, 4) is 0 Å². The number of carboxylic acids is 2. The second kappa shape index (κ2) is 4.85. The molecule has 8 heteroatoms. The molecule has 1 aromatic carbocycles. The number of nitro groups is 1. The molecule has 102 valence electrons. The summed E-state index contributed by atoms with van der Waals surface area (Å²) in [5.41, 5.74) is -3.41. The number of hydrogen-bond donors (Lipinski definition) is 2. The lowest BCUT2D eigenvalue weighted by Gasteiger charge is -2.20. The molecule has 0 aliphatic heterocycles. The van der Waals surface area contributed by atoms with E-state index in [-0.39, 0.29) is 10.6 Å². The van der Waals surface area contributed by atoms with E-state index in [0.717, 1.165) is 13.0 Å². The van der Waals surface area contributed by atoms with Crippen LogP contribution in [0.5, 0.6) is 0 Å². The molecule has 0 spiro atoms. The van der Waals surface area contributed by atoms with Gasteiger partial charge in [-0.25, -0.2) is 0 Å². The molecule has 1 aromatic rings. The van der Waals surface area contributed by atoms with Gasteiger partial charge >= 0.3 is 11.9 Å². The maximum Gasteiger partial charge on any atom is 0.325 e. The monoisotopic (exact) mass is 287 g/mol. The number of hydrogen-bond acceptors (Lipinski definition) is 4. The van der Waals surface area contributed by atoms with Crippen LogP contribution in [-0.2, 0) is 15.0 Å². The van der Waals surface area contributed by atoms with Crippen molar-refractivity contribution in [1.29, 1.82) is 0 Å². The summed E-state index contributed by atoms with van der Waals surface area (Å²) in [7, 11) is 0. The number of benzene rings is 1. The number of carbonyl (C=O) groups is 2. The first kappa shape index (κ1) is 14.9. The van der Waals surface area contributed by atoms with E-state index >= 15 is 0 Å². The molecule has 0 saturated carbocycles. The SMILES string of the molecule is Cc1c(Cl)ccc(C(C)(C(=O)O)C(=O)O)c1[N+](=O)[O-]. The summed E-state index contributed by atoms with van der Waals surface area (Å²) in [5, 5.41) is 29.3. The van der Waals surface area contributed by atoms with Crippen molar-refractivity contribution in [2.24, 2.45) is 0 Å². The quantitative estimate of drug-likeness (QED) is 0.496. The van der Waals surface area contributed by atoms with Gasteiger partial charge in [0.15, 0.2) is 5.41 Å². The first-order valence-electron chi connectivity index (χ1n) is 5.04.